The van der Waals surface area contributed by atoms with Crippen molar-refractivity contribution in [3.63, 3.8) is 0 Å². The molecule has 0 amide bonds. The average molecular weight is 298 g/mol. The van der Waals surface area contributed by atoms with E-state index in [0.29, 0.717) is 0 Å². The molecule has 0 bridgehead atoms. The third-order valence-electron chi connectivity index (χ3n) is 4.32. The minimum Gasteiger partial charge on any atom is -0.369 e. The van der Waals surface area contributed by atoms with E-state index in [9.17, 15) is 4.79 Å². The van der Waals surface area contributed by atoms with E-state index < -0.39 is 0 Å². The number of hydrogen-bond acceptors (Lipinski definition) is 4. The van der Waals surface area contributed by atoms with E-state index in [-0.39, 0.29) is 5.78 Å². The fraction of sp³-hybridized carbons (Fsp3) is 0.412. The highest BCUT2D eigenvalue weighted by atomic mass is 16.1. The van der Waals surface area contributed by atoms with Gasteiger partial charge in [0.25, 0.3) is 0 Å². The van der Waals surface area contributed by atoms with E-state index in [4.69, 9.17) is 0 Å². The van der Waals surface area contributed by atoms with Crippen LogP contribution in [0, 0.1) is 6.92 Å². The Morgan fingerprint density at radius 2 is 1.86 bits per heavy atom. The first-order valence-electron chi connectivity index (χ1n) is 7.70. The smallest absolute Gasteiger partial charge is 0.159 e. The Morgan fingerprint density at radius 3 is 2.41 bits per heavy atom. The number of Topliss-reactive ketones (excluding diaryl/α,β-unsaturated/α-hetero) is 1. The number of imidazole rings is 1. The van der Waals surface area contributed by atoms with Crippen LogP contribution in [0.25, 0.3) is 0 Å². The van der Waals surface area contributed by atoms with Gasteiger partial charge in [0.1, 0.15) is 0 Å². The Labute approximate surface area is 131 Å². The highest BCUT2D eigenvalue weighted by molar-refractivity contribution is 5.94. The predicted octanol–water partition coefficient (Wildman–Crippen LogP) is 2.24. The van der Waals surface area contributed by atoms with Crippen LogP contribution in [0.5, 0.6) is 0 Å². The molecule has 22 heavy (non-hydrogen) atoms. The summed E-state index contributed by atoms with van der Waals surface area (Å²) < 4.78 is 0. The molecule has 2 heterocycles. The monoisotopic (exact) mass is 298 g/mol. The quantitative estimate of drug-likeness (QED) is 0.880. The zero-order valence-corrected chi connectivity index (χ0v) is 13.2. The lowest BCUT2D eigenvalue weighted by molar-refractivity contribution is 0.101. The molecule has 1 aromatic heterocycles. The van der Waals surface area contributed by atoms with Crippen LogP contribution in [-0.2, 0) is 6.54 Å². The van der Waals surface area contributed by atoms with Crippen LogP contribution in [0.4, 0.5) is 5.69 Å². The van der Waals surface area contributed by atoms with Gasteiger partial charge in [0.2, 0.25) is 0 Å². The van der Waals surface area contributed by atoms with Crippen LogP contribution < -0.4 is 4.90 Å². The second-order valence-electron chi connectivity index (χ2n) is 5.84. The number of ketones is 1. The lowest BCUT2D eigenvalue weighted by atomic mass is 10.1. The van der Waals surface area contributed by atoms with Crippen molar-refractivity contribution in [2.75, 3.05) is 31.1 Å². The molecule has 5 heteroatoms. The van der Waals surface area contributed by atoms with Gasteiger partial charge in [-0.05, 0) is 38.1 Å². The molecule has 0 spiro atoms. The Morgan fingerprint density at radius 1 is 1.18 bits per heavy atom. The van der Waals surface area contributed by atoms with Gasteiger partial charge >= 0.3 is 0 Å². The molecule has 1 fully saturated rings. The van der Waals surface area contributed by atoms with Crippen LogP contribution >= 0.6 is 0 Å². The van der Waals surface area contributed by atoms with Gasteiger partial charge in [0.15, 0.2) is 5.78 Å². The topological polar surface area (TPSA) is 52.2 Å². The number of aromatic amines is 1. The second kappa shape index (κ2) is 6.32. The Hall–Kier alpha value is -2.14. The Balaban J connectivity index is 1.57. The van der Waals surface area contributed by atoms with Gasteiger partial charge in [-0.1, -0.05) is 0 Å². The van der Waals surface area contributed by atoms with Crippen molar-refractivity contribution >= 4 is 11.5 Å². The molecule has 2 aromatic rings. The minimum atomic E-state index is 0.116. The van der Waals surface area contributed by atoms with Crippen LogP contribution in [0.3, 0.4) is 0 Å². The zero-order valence-electron chi connectivity index (χ0n) is 13.2. The molecule has 1 aromatic carbocycles. The fourth-order valence-corrected chi connectivity index (χ4v) is 2.83. The number of carbonyl (C=O) groups is 1. The molecule has 116 valence electrons. The summed E-state index contributed by atoms with van der Waals surface area (Å²) >= 11 is 0. The van der Waals surface area contributed by atoms with E-state index in [2.05, 4.69) is 26.7 Å². The highest BCUT2D eigenvalue weighted by Gasteiger charge is 2.18. The lowest BCUT2D eigenvalue weighted by Gasteiger charge is -2.36. The van der Waals surface area contributed by atoms with E-state index in [1.54, 1.807) is 13.3 Å². The predicted molar refractivity (Wildman–Crippen MR) is 87.3 cm³/mol. The number of anilines is 1. The molecule has 1 aliphatic heterocycles. The molecule has 0 unspecified atom stereocenters. The number of hydrogen-bond donors (Lipinski definition) is 1. The molecular formula is C17H22N4O. The normalized spacial score (nSPS) is 16.0. The number of H-pyrrole nitrogens is 1. The first-order chi connectivity index (χ1) is 10.6. The number of nitrogens with zero attached hydrogens (tertiary/aromatic N) is 3. The van der Waals surface area contributed by atoms with Gasteiger partial charge in [0, 0.05) is 49.7 Å². The number of benzene rings is 1. The van der Waals surface area contributed by atoms with Gasteiger partial charge in [-0.25, -0.2) is 4.98 Å². The Kier molecular flexibility index (Phi) is 4.24. The molecule has 1 aliphatic rings. The number of aromatic nitrogens is 2. The van der Waals surface area contributed by atoms with E-state index in [1.165, 1.54) is 5.69 Å². The summed E-state index contributed by atoms with van der Waals surface area (Å²) in [4.78, 5) is 23.6. The van der Waals surface area contributed by atoms with Gasteiger partial charge in [0.05, 0.1) is 12.0 Å². The molecular weight excluding hydrogens is 276 g/mol. The van der Waals surface area contributed by atoms with Crippen molar-refractivity contribution in [2.45, 2.75) is 20.4 Å². The van der Waals surface area contributed by atoms with E-state index in [0.717, 1.165) is 49.7 Å². The number of aryl methyl sites for hydroxylation is 1. The number of carbonyl (C=O) groups excluding carboxylic acids is 1. The maximum Gasteiger partial charge on any atom is 0.159 e. The fourth-order valence-electron chi connectivity index (χ4n) is 2.83. The van der Waals surface area contributed by atoms with Crippen LogP contribution in [0.1, 0.15) is 28.7 Å². The summed E-state index contributed by atoms with van der Waals surface area (Å²) in [6, 6.07) is 7.92. The number of piperazine rings is 1. The van der Waals surface area contributed by atoms with Gasteiger partial charge in [-0.15, -0.1) is 0 Å². The summed E-state index contributed by atoms with van der Waals surface area (Å²) in [5.74, 6) is 0.116. The van der Waals surface area contributed by atoms with E-state index >= 15 is 0 Å². The van der Waals surface area contributed by atoms with Crippen molar-refractivity contribution in [1.29, 1.82) is 0 Å². The SMILES string of the molecule is CC(=O)c1ccc(N2CCN(Cc3nc[nH]c3C)CC2)cc1. The third kappa shape index (κ3) is 3.20. The van der Waals surface area contributed by atoms with Crippen molar-refractivity contribution in [2.24, 2.45) is 0 Å². The highest BCUT2D eigenvalue weighted by Crippen LogP contribution is 2.18. The third-order valence-corrected chi connectivity index (χ3v) is 4.32. The lowest BCUT2D eigenvalue weighted by Crippen LogP contribution is -2.46. The number of rotatable bonds is 4. The van der Waals surface area contributed by atoms with Gasteiger partial charge < -0.3 is 9.88 Å². The molecule has 0 aliphatic carbocycles. The average Bonchev–Trinajstić information content (AvgIpc) is 2.93. The molecule has 0 radical (unpaired) electrons. The number of nitrogens with one attached hydrogen (secondary N) is 1. The molecule has 0 atom stereocenters. The van der Waals surface area contributed by atoms with E-state index in [1.807, 2.05) is 24.3 Å². The first kappa shape index (κ1) is 14.8. The van der Waals surface area contributed by atoms with Crippen molar-refractivity contribution in [3.8, 4) is 0 Å². The summed E-state index contributed by atoms with van der Waals surface area (Å²) in [6.07, 6.45) is 1.76. The molecule has 3 rings (SSSR count). The van der Waals surface area contributed by atoms with Gasteiger partial charge in [-0.2, -0.15) is 0 Å². The molecule has 5 nitrogen and oxygen atoms in total. The van der Waals surface area contributed by atoms with Gasteiger partial charge in [-0.3, -0.25) is 9.69 Å². The van der Waals surface area contributed by atoms with Crippen molar-refractivity contribution in [3.05, 3.63) is 47.5 Å². The summed E-state index contributed by atoms with van der Waals surface area (Å²) in [5.41, 5.74) is 4.26. The second-order valence-corrected chi connectivity index (χ2v) is 5.84. The largest absolute Gasteiger partial charge is 0.369 e. The molecule has 1 N–H and O–H groups in total. The maximum atomic E-state index is 11.3. The van der Waals surface area contributed by atoms with Crippen LogP contribution in [-0.4, -0.2) is 46.8 Å². The van der Waals surface area contributed by atoms with Crippen molar-refractivity contribution in [1.82, 2.24) is 14.9 Å². The minimum absolute atomic E-state index is 0.116. The molecule has 0 saturated carbocycles. The zero-order chi connectivity index (χ0) is 15.5. The van der Waals surface area contributed by atoms with Crippen LogP contribution in [0.2, 0.25) is 0 Å². The summed E-state index contributed by atoms with van der Waals surface area (Å²) in [6.45, 7) is 8.64. The standard InChI is InChI=1S/C17H22N4O/c1-13-17(19-12-18-13)11-20-7-9-21(10-8-20)16-5-3-15(4-6-16)14(2)22/h3-6,12H,7-11H2,1-2H3,(H,18,19). The summed E-state index contributed by atoms with van der Waals surface area (Å²) in [7, 11) is 0. The van der Waals surface area contributed by atoms with Crippen molar-refractivity contribution < 1.29 is 4.79 Å². The maximum absolute atomic E-state index is 11.3. The molecule has 1 saturated heterocycles. The first-order valence-corrected chi connectivity index (χ1v) is 7.70. The Bertz CT molecular complexity index is 639. The summed E-state index contributed by atoms with van der Waals surface area (Å²) in [5, 5.41) is 0. The van der Waals surface area contributed by atoms with Crippen LogP contribution in [0.15, 0.2) is 30.6 Å².